The van der Waals surface area contributed by atoms with Gasteiger partial charge in [-0.15, -0.1) is 0 Å². The Kier molecular flexibility index (Phi) is 5.69. The predicted molar refractivity (Wildman–Crippen MR) is 112 cm³/mol. The Balaban J connectivity index is 1.64. The van der Waals surface area contributed by atoms with Gasteiger partial charge in [-0.25, -0.2) is 9.97 Å². The molecule has 5 nitrogen and oxygen atoms in total. The first-order chi connectivity index (χ1) is 12.9. The molecule has 140 valence electrons. The highest BCUT2D eigenvalue weighted by molar-refractivity contribution is 5.59. The van der Waals surface area contributed by atoms with Crippen molar-refractivity contribution in [1.29, 1.82) is 0 Å². The number of benzene rings is 1. The van der Waals surface area contributed by atoms with Crippen molar-refractivity contribution in [2.24, 2.45) is 0 Å². The number of nitrogens with one attached hydrogen (secondary N) is 1. The Bertz CT molecular complexity index is 854. The summed E-state index contributed by atoms with van der Waals surface area (Å²) in [6.07, 6.45) is 6.20. The molecule has 1 aromatic carbocycles. The maximum atomic E-state index is 4.40. The zero-order valence-electron chi connectivity index (χ0n) is 16.5. The first-order valence-corrected chi connectivity index (χ1v) is 9.21. The van der Waals surface area contributed by atoms with Gasteiger partial charge in [-0.3, -0.25) is 4.98 Å². The molecule has 2 heterocycles. The number of rotatable bonds is 6. The maximum Gasteiger partial charge on any atom is 0.135 e. The first kappa shape index (κ1) is 18.8. The largest absolute Gasteiger partial charge is 0.359 e. The number of aromatic nitrogens is 3. The molecule has 1 N–H and O–H groups in total. The van der Waals surface area contributed by atoms with E-state index in [0.29, 0.717) is 0 Å². The molecule has 0 unspecified atom stereocenters. The minimum absolute atomic E-state index is 0.151. The van der Waals surface area contributed by atoms with Crippen molar-refractivity contribution in [1.82, 2.24) is 15.0 Å². The lowest BCUT2D eigenvalue weighted by Gasteiger charge is -2.20. The molecule has 0 amide bonds. The number of nitrogens with zero attached hydrogens (tertiary/aromatic N) is 4. The molecule has 0 bridgehead atoms. The molecule has 0 spiro atoms. The number of hydrogen-bond acceptors (Lipinski definition) is 5. The maximum absolute atomic E-state index is 4.40. The van der Waals surface area contributed by atoms with Crippen molar-refractivity contribution >= 4 is 17.3 Å². The summed E-state index contributed by atoms with van der Waals surface area (Å²) >= 11 is 0. The van der Waals surface area contributed by atoms with Crippen LogP contribution >= 0.6 is 0 Å². The minimum Gasteiger partial charge on any atom is -0.359 e. The zero-order valence-corrected chi connectivity index (χ0v) is 16.5. The van der Waals surface area contributed by atoms with Gasteiger partial charge in [0.2, 0.25) is 0 Å². The van der Waals surface area contributed by atoms with E-state index in [9.17, 15) is 0 Å². The highest BCUT2D eigenvalue weighted by Gasteiger charge is 2.13. The molecule has 0 saturated carbocycles. The van der Waals surface area contributed by atoms with Crippen molar-refractivity contribution in [3.63, 3.8) is 0 Å². The Morgan fingerprint density at radius 1 is 0.963 bits per heavy atom. The molecule has 0 saturated heterocycles. The second kappa shape index (κ2) is 8.16. The fourth-order valence-electron chi connectivity index (χ4n) is 2.79. The SMILES string of the molecule is CN(CCc1ccncc1)c1cc(Nc2ccc(C(C)(C)C)cc2)ncn1. The van der Waals surface area contributed by atoms with Crippen molar-refractivity contribution < 1.29 is 0 Å². The summed E-state index contributed by atoms with van der Waals surface area (Å²) in [5.74, 6) is 1.69. The Labute approximate surface area is 161 Å². The van der Waals surface area contributed by atoms with E-state index in [4.69, 9.17) is 0 Å². The summed E-state index contributed by atoms with van der Waals surface area (Å²) in [4.78, 5) is 14.9. The number of hydrogen-bond donors (Lipinski definition) is 1. The summed E-state index contributed by atoms with van der Waals surface area (Å²) in [5.41, 5.74) is 3.75. The Morgan fingerprint density at radius 2 is 1.67 bits per heavy atom. The Hall–Kier alpha value is -2.95. The molecule has 0 aliphatic rings. The average molecular weight is 361 g/mol. The van der Waals surface area contributed by atoms with Crippen LogP contribution in [0.2, 0.25) is 0 Å². The van der Waals surface area contributed by atoms with Crippen molar-refractivity contribution in [2.45, 2.75) is 32.6 Å². The van der Waals surface area contributed by atoms with Crippen LogP contribution < -0.4 is 10.2 Å². The smallest absolute Gasteiger partial charge is 0.135 e. The summed E-state index contributed by atoms with van der Waals surface area (Å²) in [5, 5.41) is 3.37. The van der Waals surface area contributed by atoms with Crippen LogP contribution in [-0.4, -0.2) is 28.5 Å². The van der Waals surface area contributed by atoms with Crippen LogP contribution in [0.4, 0.5) is 17.3 Å². The quantitative estimate of drug-likeness (QED) is 0.696. The van der Waals surface area contributed by atoms with Crippen LogP contribution in [0.3, 0.4) is 0 Å². The molecule has 3 aromatic rings. The van der Waals surface area contributed by atoms with Gasteiger partial charge in [0.15, 0.2) is 0 Å². The third kappa shape index (κ3) is 5.26. The number of anilines is 3. The van der Waals surface area contributed by atoms with Gasteiger partial charge < -0.3 is 10.2 Å². The van der Waals surface area contributed by atoms with Crippen LogP contribution in [-0.2, 0) is 11.8 Å². The van der Waals surface area contributed by atoms with Crippen LogP contribution in [0.15, 0.2) is 61.2 Å². The van der Waals surface area contributed by atoms with Gasteiger partial charge in [0.1, 0.15) is 18.0 Å². The van der Waals surface area contributed by atoms with E-state index in [1.165, 1.54) is 11.1 Å². The van der Waals surface area contributed by atoms with Gasteiger partial charge in [0, 0.05) is 37.7 Å². The van der Waals surface area contributed by atoms with Gasteiger partial charge >= 0.3 is 0 Å². The molecule has 5 heteroatoms. The molecule has 3 rings (SSSR count). The van der Waals surface area contributed by atoms with E-state index in [0.717, 1.165) is 30.3 Å². The molecule has 0 fully saturated rings. The van der Waals surface area contributed by atoms with Crippen molar-refractivity contribution in [3.8, 4) is 0 Å². The molecule has 0 radical (unpaired) electrons. The highest BCUT2D eigenvalue weighted by Crippen LogP contribution is 2.25. The summed E-state index contributed by atoms with van der Waals surface area (Å²) < 4.78 is 0. The van der Waals surface area contributed by atoms with Gasteiger partial charge in [0.05, 0.1) is 0 Å². The normalized spacial score (nSPS) is 11.3. The highest BCUT2D eigenvalue weighted by atomic mass is 15.2. The molecule has 0 aliphatic carbocycles. The standard InChI is InChI=1S/C22H27N5/c1-22(2,3)18-5-7-19(8-6-18)26-20-15-21(25-16-24-20)27(4)14-11-17-9-12-23-13-10-17/h5-10,12-13,15-16H,11,14H2,1-4H3,(H,24,25,26). The monoisotopic (exact) mass is 361 g/mol. The summed E-state index contributed by atoms with van der Waals surface area (Å²) in [6.45, 7) is 7.52. The van der Waals surface area contributed by atoms with Crippen LogP contribution in [0.25, 0.3) is 0 Å². The molecule has 2 aromatic heterocycles. The van der Waals surface area contributed by atoms with Crippen LogP contribution in [0.1, 0.15) is 31.9 Å². The van der Waals surface area contributed by atoms with Crippen molar-refractivity contribution in [2.75, 3.05) is 23.8 Å². The molecular formula is C22H27N5. The third-order valence-electron chi connectivity index (χ3n) is 4.55. The Morgan fingerprint density at radius 3 is 2.33 bits per heavy atom. The number of pyridine rings is 1. The second-order valence-corrected chi connectivity index (χ2v) is 7.74. The van der Waals surface area contributed by atoms with Crippen LogP contribution in [0.5, 0.6) is 0 Å². The summed E-state index contributed by atoms with van der Waals surface area (Å²) in [7, 11) is 2.05. The summed E-state index contributed by atoms with van der Waals surface area (Å²) in [6, 6.07) is 14.6. The fraction of sp³-hybridized carbons (Fsp3) is 0.318. The third-order valence-corrected chi connectivity index (χ3v) is 4.55. The minimum atomic E-state index is 0.151. The lowest BCUT2D eigenvalue weighted by atomic mass is 9.87. The number of likely N-dealkylation sites (N-methyl/N-ethyl adjacent to an activating group) is 1. The van der Waals surface area contributed by atoms with E-state index in [1.807, 2.05) is 37.6 Å². The van der Waals surface area contributed by atoms with Crippen LogP contribution in [0, 0.1) is 0 Å². The first-order valence-electron chi connectivity index (χ1n) is 9.21. The predicted octanol–water partition coefficient (Wildman–Crippen LogP) is 4.59. The van der Waals surface area contributed by atoms with Gasteiger partial charge in [0.25, 0.3) is 0 Å². The van der Waals surface area contributed by atoms with Gasteiger partial charge in [-0.05, 0) is 47.2 Å². The van der Waals surface area contributed by atoms with Gasteiger partial charge in [-0.2, -0.15) is 0 Å². The zero-order chi connectivity index (χ0) is 19.3. The van der Waals surface area contributed by atoms with Crippen molar-refractivity contribution in [3.05, 3.63) is 72.3 Å². The lowest BCUT2D eigenvalue weighted by Crippen LogP contribution is -2.21. The fourth-order valence-corrected chi connectivity index (χ4v) is 2.79. The topological polar surface area (TPSA) is 53.9 Å². The van der Waals surface area contributed by atoms with E-state index < -0.39 is 0 Å². The molecule has 0 atom stereocenters. The molecule has 0 aliphatic heterocycles. The molecular weight excluding hydrogens is 334 g/mol. The van der Waals surface area contributed by atoms with E-state index in [-0.39, 0.29) is 5.41 Å². The second-order valence-electron chi connectivity index (χ2n) is 7.74. The van der Waals surface area contributed by atoms with E-state index in [2.05, 4.69) is 70.2 Å². The van der Waals surface area contributed by atoms with E-state index in [1.54, 1.807) is 6.33 Å². The average Bonchev–Trinajstić information content (AvgIpc) is 2.67. The molecule has 27 heavy (non-hydrogen) atoms. The van der Waals surface area contributed by atoms with Gasteiger partial charge in [-0.1, -0.05) is 32.9 Å². The lowest BCUT2D eigenvalue weighted by molar-refractivity contribution is 0.590. The van der Waals surface area contributed by atoms with E-state index >= 15 is 0 Å².